The Hall–Kier alpha value is -4.53. The molecular weight excluding hydrogens is 440 g/mol. The van der Waals surface area contributed by atoms with E-state index >= 15 is 0 Å². The topological polar surface area (TPSA) is 103 Å². The van der Waals surface area contributed by atoms with Gasteiger partial charge in [-0.05, 0) is 42.8 Å². The number of likely N-dealkylation sites (tertiary alicyclic amines) is 1. The predicted octanol–water partition coefficient (Wildman–Crippen LogP) is 3.62. The number of para-hydroxylation sites is 2. The van der Waals surface area contributed by atoms with Gasteiger partial charge in [0.25, 0.3) is 5.91 Å². The molecule has 0 aliphatic carbocycles. The van der Waals surface area contributed by atoms with Crippen LogP contribution >= 0.6 is 0 Å². The smallest absolute Gasteiger partial charge is 0.272 e. The maximum atomic E-state index is 13.3. The summed E-state index contributed by atoms with van der Waals surface area (Å²) in [5.74, 6) is 1.73. The number of carbonyl (C=O) groups is 1. The van der Waals surface area contributed by atoms with Gasteiger partial charge in [0.1, 0.15) is 11.5 Å². The fourth-order valence-corrected chi connectivity index (χ4v) is 4.59. The van der Waals surface area contributed by atoms with Crippen molar-refractivity contribution >= 4 is 34.4 Å². The van der Waals surface area contributed by atoms with Crippen molar-refractivity contribution in [1.29, 1.82) is 0 Å². The number of pyridine rings is 1. The van der Waals surface area contributed by atoms with Gasteiger partial charge in [-0.3, -0.25) is 4.79 Å². The number of carbonyl (C=O) groups excluding carboxylic acids is 1. The number of fused-ring (bicyclic) bond motifs is 1. The first-order valence-electron chi connectivity index (χ1n) is 11.6. The Morgan fingerprint density at radius 2 is 1.94 bits per heavy atom. The van der Waals surface area contributed by atoms with Gasteiger partial charge >= 0.3 is 0 Å². The lowest BCUT2D eigenvalue weighted by Crippen LogP contribution is -2.39. The summed E-state index contributed by atoms with van der Waals surface area (Å²) in [6, 6.07) is 15.4. The lowest BCUT2D eigenvalue weighted by atomic mass is 10.1. The van der Waals surface area contributed by atoms with Gasteiger partial charge in [-0.15, -0.1) is 0 Å². The van der Waals surface area contributed by atoms with Crippen molar-refractivity contribution in [2.75, 3.05) is 25.0 Å². The van der Waals surface area contributed by atoms with Crippen molar-refractivity contribution < 1.29 is 4.79 Å². The van der Waals surface area contributed by atoms with Crippen LogP contribution in [-0.4, -0.2) is 66.3 Å². The van der Waals surface area contributed by atoms with Crippen LogP contribution in [0.3, 0.4) is 0 Å². The van der Waals surface area contributed by atoms with Crippen LogP contribution in [0.2, 0.25) is 0 Å². The fourth-order valence-electron chi connectivity index (χ4n) is 4.59. The van der Waals surface area contributed by atoms with Crippen molar-refractivity contribution in [2.24, 2.45) is 0 Å². The molecule has 9 nitrogen and oxygen atoms in total. The number of aromatic amines is 1. The SMILES string of the molecule is O=C(c1ccnc(Nc2ccccn2)n1)N1CCC(N2CC=CC=C2c2nc3ccccc3[nH]2)C1. The third-order valence-corrected chi connectivity index (χ3v) is 6.30. The number of imidazole rings is 1. The molecule has 174 valence electrons. The van der Waals surface area contributed by atoms with Crippen molar-refractivity contribution in [3.63, 3.8) is 0 Å². The number of anilines is 2. The van der Waals surface area contributed by atoms with Crippen LogP contribution in [0.5, 0.6) is 0 Å². The van der Waals surface area contributed by atoms with Crippen molar-refractivity contribution in [3.8, 4) is 0 Å². The zero-order chi connectivity index (χ0) is 23.6. The molecule has 3 aromatic heterocycles. The molecule has 0 saturated carbocycles. The van der Waals surface area contributed by atoms with E-state index in [1.54, 1.807) is 18.5 Å². The first-order chi connectivity index (χ1) is 17.2. The lowest BCUT2D eigenvalue weighted by Gasteiger charge is -2.33. The van der Waals surface area contributed by atoms with Gasteiger partial charge in [0.05, 0.1) is 16.7 Å². The second kappa shape index (κ2) is 9.02. The number of allylic oxidation sites excluding steroid dienone is 2. The third kappa shape index (κ3) is 4.23. The number of aromatic nitrogens is 5. The molecule has 35 heavy (non-hydrogen) atoms. The minimum absolute atomic E-state index is 0.0965. The highest BCUT2D eigenvalue weighted by atomic mass is 16.2. The van der Waals surface area contributed by atoms with Gasteiger partial charge in [0.15, 0.2) is 5.82 Å². The molecule has 1 saturated heterocycles. The normalized spacial score (nSPS) is 17.6. The van der Waals surface area contributed by atoms with Crippen molar-refractivity contribution in [1.82, 2.24) is 34.7 Å². The molecule has 5 heterocycles. The Bertz CT molecular complexity index is 1390. The second-order valence-corrected chi connectivity index (χ2v) is 8.53. The summed E-state index contributed by atoms with van der Waals surface area (Å²) in [6.07, 6.45) is 10.4. The zero-order valence-corrected chi connectivity index (χ0v) is 19.0. The van der Waals surface area contributed by atoms with Crippen LogP contribution in [0.25, 0.3) is 16.7 Å². The van der Waals surface area contributed by atoms with E-state index in [1.807, 2.05) is 47.4 Å². The van der Waals surface area contributed by atoms with Crippen LogP contribution < -0.4 is 5.32 Å². The van der Waals surface area contributed by atoms with E-state index < -0.39 is 0 Å². The van der Waals surface area contributed by atoms with Gasteiger partial charge < -0.3 is 20.1 Å². The molecule has 2 aliphatic heterocycles. The summed E-state index contributed by atoms with van der Waals surface area (Å²) >= 11 is 0. The number of amides is 1. The van der Waals surface area contributed by atoms with Crippen LogP contribution in [0.15, 0.2) is 79.2 Å². The number of H-pyrrole nitrogens is 1. The standard InChI is InChI=1S/C26H24N8O/c35-25(21-11-14-28-26(31-21)32-23-10-3-5-13-27-23)33-16-12-18(17-33)34-15-6-4-9-22(34)24-29-19-7-1-2-8-20(19)30-24/h1-11,13-14,18H,12,15-17H2,(H,29,30)(H,27,28,31,32). The Kier molecular flexibility index (Phi) is 5.42. The van der Waals surface area contributed by atoms with Crippen molar-refractivity contribution in [3.05, 3.63) is 90.7 Å². The van der Waals surface area contributed by atoms with E-state index in [0.717, 1.165) is 35.5 Å². The number of benzene rings is 1. The highest BCUT2D eigenvalue weighted by molar-refractivity contribution is 5.92. The summed E-state index contributed by atoms with van der Waals surface area (Å²) in [5, 5.41) is 3.05. The summed E-state index contributed by atoms with van der Waals surface area (Å²) in [4.78, 5) is 38.6. The molecule has 1 aromatic carbocycles. The minimum atomic E-state index is -0.0965. The zero-order valence-electron chi connectivity index (χ0n) is 19.0. The Morgan fingerprint density at radius 1 is 1.03 bits per heavy atom. The van der Waals surface area contributed by atoms with E-state index in [9.17, 15) is 4.79 Å². The molecule has 1 atom stereocenters. The number of hydrogen-bond acceptors (Lipinski definition) is 7. The van der Waals surface area contributed by atoms with Gasteiger partial charge in [-0.1, -0.05) is 30.4 Å². The quantitative estimate of drug-likeness (QED) is 0.465. The summed E-state index contributed by atoms with van der Waals surface area (Å²) < 4.78 is 0. The monoisotopic (exact) mass is 464 g/mol. The van der Waals surface area contributed by atoms with E-state index in [-0.39, 0.29) is 11.9 Å². The Labute approximate surface area is 202 Å². The minimum Gasteiger partial charge on any atom is -0.360 e. The van der Waals surface area contributed by atoms with E-state index in [0.29, 0.717) is 30.5 Å². The molecule has 0 bridgehead atoms. The Balaban J connectivity index is 1.17. The number of rotatable bonds is 5. The summed E-state index contributed by atoms with van der Waals surface area (Å²) in [7, 11) is 0. The van der Waals surface area contributed by atoms with Crippen LogP contribution in [0.1, 0.15) is 22.7 Å². The second-order valence-electron chi connectivity index (χ2n) is 8.53. The first-order valence-corrected chi connectivity index (χ1v) is 11.6. The maximum Gasteiger partial charge on any atom is 0.272 e. The van der Waals surface area contributed by atoms with E-state index in [2.05, 4.69) is 48.4 Å². The highest BCUT2D eigenvalue weighted by Crippen LogP contribution is 2.29. The first kappa shape index (κ1) is 21.0. The molecule has 1 amide bonds. The van der Waals surface area contributed by atoms with Crippen molar-refractivity contribution in [2.45, 2.75) is 12.5 Å². The van der Waals surface area contributed by atoms with Gasteiger partial charge in [-0.2, -0.15) is 0 Å². The number of nitrogens with zero attached hydrogens (tertiary/aromatic N) is 6. The lowest BCUT2D eigenvalue weighted by molar-refractivity contribution is 0.0778. The van der Waals surface area contributed by atoms with Crippen LogP contribution in [-0.2, 0) is 0 Å². The molecule has 2 N–H and O–H groups in total. The summed E-state index contributed by atoms with van der Waals surface area (Å²) in [6.45, 7) is 2.07. The third-order valence-electron chi connectivity index (χ3n) is 6.30. The van der Waals surface area contributed by atoms with Crippen LogP contribution in [0, 0.1) is 0 Å². The number of hydrogen-bond donors (Lipinski definition) is 2. The largest absolute Gasteiger partial charge is 0.360 e. The molecule has 2 aliphatic rings. The molecule has 1 unspecified atom stereocenters. The molecule has 0 radical (unpaired) electrons. The van der Waals surface area contributed by atoms with Gasteiger partial charge in [0, 0.05) is 38.1 Å². The Morgan fingerprint density at radius 3 is 2.83 bits per heavy atom. The van der Waals surface area contributed by atoms with Crippen LogP contribution in [0.4, 0.5) is 11.8 Å². The van der Waals surface area contributed by atoms with Gasteiger partial charge in [-0.25, -0.2) is 19.9 Å². The summed E-state index contributed by atoms with van der Waals surface area (Å²) in [5.41, 5.74) is 3.37. The average molecular weight is 465 g/mol. The fraction of sp³-hybridized carbons (Fsp3) is 0.192. The molecular formula is C26H24N8O. The average Bonchev–Trinajstić information content (AvgIpc) is 3.57. The highest BCUT2D eigenvalue weighted by Gasteiger charge is 2.33. The van der Waals surface area contributed by atoms with Gasteiger partial charge in [0.2, 0.25) is 5.95 Å². The predicted molar refractivity (Wildman–Crippen MR) is 134 cm³/mol. The maximum absolute atomic E-state index is 13.3. The van der Waals surface area contributed by atoms with E-state index in [1.165, 1.54) is 0 Å². The molecule has 9 heteroatoms. The molecule has 0 spiro atoms. The van der Waals surface area contributed by atoms with E-state index in [4.69, 9.17) is 4.98 Å². The molecule has 1 fully saturated rings. The molecule has 4 aromatic rings. The molecule has 6 rings (SSSR count). The number of nitrogens with one attached hydrogen (secondary N) is 2.